The van der Waals surface area contributed by atoms with Gasteiger partial charge in [-0.2, -0.15) is 0 Å². The molecule has 3 aromatic rings. The highest BCUT2D eigenvalue weighted by molar-refractivity contribution is 5.68. The predicted molar refractivity (Wildman–Crippen MR) is 148 cm³/mol. The molecule has 0 radical (unpaired) electrons. The highest BCUT2D eigenvalue weighted by Crippen LogP contribution is 2.21. The molecule has 3 atom stereocenters. The fourth-order valence-corrected chi connectivity index (χ4v) is 4.34. The first-order valence-electron chi connectivity index (χ1n) is 12.9. The van der Waals surface area contributed by atoms with E-state index in [0.29, 0.717) is 25.8 Å². The van der Waals surface area contributed by atoms with Gasteiger partial charge in [-0.25, -0.2) is 4.79 Å². The molecule has 198 valence electrons. The number of carbonyl (C=O) groups excluding carboxylic acids is 1. The van der Waals surface area contributed by atoms with Crippen molar-refractivity contribution in [3.05, 3.63) is 101 Å². The smallest absolute Gasteiger partial charge is 0.407 e. The molecular formula is C31H40N2O4. The summed E-state index contributed by atoms with van der Waals surface area (Å²) in [5.74, 6) is 0.254. The lowest BCUT2D eigenvalue weighted by Crippen LogP contribution is -2.47. The maximum atomic E-state index is 12.6. The molecule has 0 fully saturated rings. The standard InChI is InChI=1S/C31H40N2O4/c1-22-25(16-11-17-28(22)34)21-32-27(19-24-14-9-6-10-15-24)29(35)20-26(18-23-12-7-5-8-13-23)33-30(36)37-31(2,3)4/h5-17,26-27,29,32,34-35H,18-21H2,1-4H3,(H,33,36)/t26-,27-,29-/m0/s1. The molecule has 37 heavy (non-hydrogen) atoms. The monoisotopic (exact) mass is 504 g/mol. The van der Waals surface area contributed by atoms with Gasteiger partial charge in [-0.1, -0.05) is 72.8 Å². The molecule has 0 aromatic heterocycles. The van der Waals surface area contributed by atoms with Gasteiger partial charge in [0.15, 0.2) is 0 Å². The summed E-state index contributed by atoms with van der Waals surface area (Å²) >= 11 is 0. The Morgan fingerprint density at radius 2 is 1.49 bits per heavy atom. The van der Waals surface area contributed by atoms with Gasteiger partial charge in [0, 0.05) is 18.6 Å². The van der Waals surface area contributed by atoms with Crippen LogP contribution in [0.5, 0.6) is 5.75 Å². The Labute approximate surface area is 220 Å². The number of amides is 1. The van der Waals surface area contributed by atoms with E-state index in [1.807, 2.05) is 100 Å². The van der Waals surface area contributed by atoms with E-state index in [2.05, 4.69) is 10.6 Å². The van der Waals surface area contributed by atoms with Gasteiger partial charge in [0.25, 0.3) is 0 Å². The van der Waals surface area contributed by atoms with Crippen LogP contribution in [0.3, 0.4) is 0 Å². The number of aromatic hydroxyl groups is 1. The third-order valence-electron chi connectivity index (χ3n) is 6.31. The molecule has 0 aliphatic heterocycles. The Morgan fingerprint density at radius 3 is 2.08 bits per heavy atom. The highest BCUT2D eigenvalue weighted by atomic mass is 16.6. The summed E-state index contributed by atoms with van der Waals surface area (Å²) in [5.41, 5.74) is 3.34. The van der Waals surface area contributed by atoms with Crippen molar-refractivity contribution >= 4 is 6.09 Å². The summed E-state index contributed by atoms with van der Waals surface area (Å²) in [7, 11) is 0. The number of nitrogens with one attached hydrogen (secondary N) is 2. The van der Waals surface area contributed by atoms with E-state index in [-0.39, 0.29) is 17.8 Å². The number of benzene rings is 3. The van der Waals surface area contributed by atoms with Crippen LogP contribution < -0.4 is 10.6 Å². The van der Waals surface area contributed by atoms with E-state index in [9.17, 15) is 15.0 Å². The van der Waals surface area contributed by atoms with Crippen LogP contribution in [0.4, 0.5) is 4.79 Å². The predicted octanol–water partition coefficient (Wildman–Crippen LogP) is 5.29. The number of phenolic OH excluding ortho intramolecular Hbond substituents is 1. The lowest BCUT2D eigenvalue weighted by Gasteiger charge is -2.29. The van der Waals surface area contributed by atoms with Gasteiger partial charge >= 0.3 is 6.09 Å². The second-order valence-electron chi connectivity index (χ2n) is 10.6. The number of hydrogen-bond donors (Lipinski definition) is 4. The quantitative estimate of drug-likeness (QED) is 0.285. The van der Waals surface area contributed by atoms with Gasteiger partial charge < -0.3 is 25.6 Å². The summed E-state index contributed by atoms with van der Waals surface area (Å²) in [4.78, 5) is 12.6. The van der Waals surface area contributed by atoms with Crippen LogP contribution in [-0.2, 0) is 24.1 Å². The molecule has 1 amide bonds. The van der Waals surface area contributed by atoms with Gasteiger partial charge in [-0.05, 0) is 75.3 Å². The van der Waals surface area contributed by atoms with Gasteiger partial charge in [0.1, 0.15) is 11.4 Å². The fourth-order valence-electron chi connectivity index (χ4n) is 4.34. The lowest BCUT2D eigenvalue weighted by molar-refractivity contribution is 0.0468. The number of ether oxygens (including phenoxy) is 1. The number of alkyl carbamates (subject to hydrolysis) is 1. The Balaban J connectivity index is 1.77. The number of aliphatic hydroxyl groups excluding tert-OH is 1. The molecule has 0 aliphatic carbocycles. The zero-order chi connectivity index (χ0) is 26.8. The van der Waals surface area contributed by atoms with Crippen LogP contribution in [0.2, 0.25) is 0 Å². The van der Waals surface area contributed by atoms with E-state index in [1.54, 1.807) is 6.07 Å². The molecular weight excluding hydrogens is 464 g/mol. The number of hydrogen-bond acceptors (Lipinski definition) is 5. The molecule has 0 bridgehead atoms. The number of carbonyl (C=O) groups is 1. The minimum Gasteiger partial charge on any atom is -0.508 e. The first-order valence-corrected chi connectivity index (χ1v) is 12.9. The van der Waals surface area contributed by atoms with Crippen molar-refractivity contribution in [1.82, 2.24) is 10.6 Å². The van der Waals surface area contributed by atoms with E-state index in [0.717, 1.165) is 22.3 Å². The Hall–Kier alpha value is -3.35. The molecule has 0 heterocycles. The van der Waals surface area contributed by atoms with E-state index >= 15 is 0 Å². The lowest BCUT2D eigenvalue weighted by atomic mass is 9.93. The average Bonchev–Trinajstić information content (AvgIpc) is 2.84. The third kappa shape index (κ3) is 9.56. The molecule has 0 spiro atoms. The minimum absolute atomic E-state index is 0.254. The molecule has 6 nitrogen and oxygen atoms in total. The Morgan fingerprint density at radius 1 is 0.892 bits per heavy atom. The molecule has 3 aromatic carbocycles. The summed E-state index contributed by atoms with van der Waals surface area (Å²) < 4.78 is 5.50. The Bertz CT molecular complexity index is 1110. The fraction of sp³-hybridized carbons (Fsp3) is 0.387. The van der Waals surface area contributed by atoms with Crippen LogP contribution in [0, 0.1) is 6.92 Å². The summed E-state index contributed by atoms with van der Waals surface area (Å²) in [5, 5.41) is 28.1. The zero-order valence-electron chi connectivity index (χ0n) is 22.3. The molecule has 0 saturated carbocycles. The maximum absolute atomic E-state index is 12.6. The van der Waals surface area contributed by atoms with E-state index in [1.165, 1.54) is 0 Å². The normalized spacial score (nSPS) is 14.0. The number of rotatable bonds is 11. The SMILES string of the molecule is Cc1c(O)cccc1CN[C@@H](Cc1ccccc1)[C@@H](O)C[C@H](Cc1ccccc1)NC(=O)OC(C)(C)C. The molecule has 0 saturated heterocycles. The van der Waals surface area contributed by atoms with E-state index < -0.39 is 17.8 Å². The van der Waals surface area contributed by atoms with Crippen molar-refractivity contribution in [2.75, 3.05) is 0 Å². The summed E-state index contributed by atoms with van der Waals surface area (Å²) in [6.45, 7) is 7.87. The topological polar surface area (TPSA) is 90.8 Å². The van der Waals surface area contributed by atoms with Gasteiger partial charge in [-0.15, -0.1) is 0 Å². The van der Waals surface area contributed by atoms with Crippen LogP contribution >= 0.6 is 0 Å². The van der Waals surface area contributed by atoms with Crippen molar-refractivity contribution in [2.24, 2.45) is 0 Å². The maximum Gasteiger partial charge on any atom is 0.407 e. The van der Waals surface area contributed by atoms with Crippen LogP contribution in [0.15, 0.2) is 78.9 Å². The molecule has 0 unspecified atom stereocenters. The van der Waals surface area contributed by atoms with Crippen LogP contribution in [0.1, 0.15) is 49.4 Å². The van der Waals surface area contributed by atoms with Crippen molar-refractivity contribution in [3.8, 4) is 5.75 Å². The summed E-state index contributed by atoms with van der Waals surface area (Å²) in [6, 6.07) is 24.8. The number of aliphatic hydroxyl groups is 1. The van der Waals surface area contributed by atoms with Gasteiger partial charge in [0.2, 0.25) is 0 Å². The average molecular weight is 505 g/mol. The first-order chi connectivity index (χ1) is 17.6. The van der Waals surface area contributed by atoms with Gasteiger partial charge in [-0.3, -0.25) is 0 Å². The first kappa shape index (κ1) is 28.2. The van der Waals surface area contributed by atoms with Crippen LogP contribution in [-0.4, -0.2) is 40.1 Å². The second kappa shape index (κ2) is 13.3. The van der Waals surface area contributed by atoms with Crippen molar-refractivity contribution < 1.29 is 19.7 Å². The van der Waals surface area contributed by atoms with Gasteiger partial charge in [0.05, 0.1) is 6.10 Å². The zero-order valence-corrected chi connectivity index (χ0v) is 22.3. The molecule has 6 heteroatoms. The molecule has 0 aliphatic rings. The Kier molecular flexibility index (Phi) is 10.1. The van der Waals surface area contributed by atoms with Crippen LogP contribution in [0.25, 0.3) is 0 Å². The van der Waals surface area contributed by atoms with E-state index in [4.69, 9.17) is 4.74 Å². The molecule has 4 N–H and O–H groups in total. The molecule has 3 rings (SSSR count). The summed E-state index contributed by atoms with van der Waals surface area (Å²) in [6.07, 6.45) is 0.285. The largest absolute Gasteiger partial charge is 0.508 e. The minimum atomic E-state index is -0.749. The number of phenols is 1. The third-order valence-corrected chi connectivity index (χ3v) is 6.31. The van der Waals surface area contributed by atoms with Crippen molar-refractivity contribution in [3.63, 3.8) is 0 Å². The van der Waals surface area contributed by atoms with Crippen molar-refractivity contribution in [1.29, 1.82) is 0 Å². The highest BCUT2D eigenvalue weighted by Gasteiger charge is 2.26. The van der Waals surface area contributed by atoms with Crippen molar-refractivity contribution in [2.45, 2.75) is 77.3 Å². The second-order valence-corrected chi connectivity index (χ2v) is 10.6.